The summed E-state index contributed by atoms with van der Waals surface area (Å²) < 4.78 is 10.7. The molecule has 0 spiro atoms. The van der Waals surface area contributed by atoms with Gasteiger partial charge in [0, 0.05) is 25.0 Å². The third kappa shape index (κ3) is 7.96. The average molecular weight is 503 g/mol. The van der Waals surface area contributed by atoms with E-state index in [1.165, 1.54) is 4.88 Å². The molecule has 0 saturated heterocycles. The van der Waals surface area contributed by atoms with E-state index in [1.54, 1.807) is 21.3 Å². The molecule has 2 N–H and O–H groups in total. The molecule has 1 heterocycles. The molecule has 27 heavy (non-hydrogen) atoms. The van der Waals surface area contributed by atoms with Crippen LogP contribution in [0.15, 0.2) is 40.7 Å². The summed E-state index contributed by atoms with van der Waals surface area (Å²) in [6, 6.07) is 10.2. The van der Waals surface area contributed by atoms with Crippen molar-refractivity contribution in [3.8, 4) is 11.5 Å². The van der Waals surface area contributed by atoms with Gasteiger partial charge in [-0.1, -0.05) is 13.0 Å². The first-order valence-electron chi connectivity index (χ1n) is 8.84. The highest BCUT2D eigenvalue weighted by Crippen LogP contribution is 2.24. The van der Waals surface area contributed by atoms with Crippen LogP contribution in [0.25, 0.3) is 0 Å². The Morgan fingerprint density at radius 3 is 2.63 bits per heavy atom. The Labute approximate surface area is 183 Å². The van der Waals surface area contributed by atoms with Crippen LogP contribution in [0.1, 0.15) is 17.4 Å². The van der Waals surface area contributed by atoms with Crippen molar-refractivity contribution in [3.05, 3.63) is 46.2 Å². The van der Waals surface area contributed by atoms with Gasteiger partial charge in [0.1, 0.15) is 11.5 Å². The van der Waals surface area contributed by atoms with Crippen molar-refractivity contribution in [2.75, 3.05) is 34.4 Å². The molecule has 150 valence electrons. The van der Waals surface area contributed by atoms with Crippen LogP contribution in [0, 0.1) is 5.92 Å². The van der Waals surface area contributed by atoms with Gasteiger partial charge in [-0.15, -0.1) is 35.3 Å². The van der Waals surface area contributed by atoms with Crippen LogP contribution in [0.4, 0.5) is 0 Å². The maximum atomic E-state index is 5.43. The summed E-state index contributed by atoms with van der Waals surface area (Å²) in [4.78, 5) is 5.73. The summed E-state index contributed by atoms with van der Waals surface area (Å²) in [6.07, 6.45) is 1.91. The molecule has 0 aliphatic rings. The zero-order valence-corrected chi connectivity index (χ0v) is 19.6. The number of hydrogen-bond acceptors (Lipinski definition) is 4. The van der Waals surface area contributed by atoms with Gasteiger partial charge in [-0.2, -0.15) is 0 Å². The topological polar surface area (TPSA) is 54.9 Å². The van der Waals surface area contributed by atoms with Gasteiger partial charge in [0.05, 0.1) is 14.2 Å². The Balaban J connectivity index is 0.00000364. The Morgan fingerprint density at radius 2 is 2.00 bits per heavy atom. The quantitative estimate of drug-likeness (QED) is 0.309. The standard InChI is InChI=1S/C20H29N3O2S.HI/c1-15(12-18-6-5-11-26-18)14-23-20(21-2)22-10-9-16-13-17(24-3)7-8-19(16)25-4;/h5-8,11,13,15H,9-10,12,14H2,1-4H3,(H2,21,22,23);1H. The number of rotatable bonds is 9. The molecule has 7 heteroatoms. The minimum atomic E-state index is 0. The largest absolute Gasteiger partial charge is 0.497 e. The minimum absolute atomic E-state index is 0. The fourth-order valence-electron chi connectivity index (χ4n) is 2.73. The summed E-state index contributed by atoms with van der Waals surface area (Å²) in [5, 5.41) is 8.90. The predicted molar refractivity (Wildman–Crippen MR) is 125 cm³/mol. The molecule has 1 atom stereocenters. The van der Waals surface area contributed by atoms with Crippen LogP contribution in [0.5, 0.6) is 11.5 Å². The molecule has 0 aliphatic heterocycles. The number of hydrogen-bond donors (Lipinski definition) is 2. The fourth-order valence-corrected chi connectivity index (χ4v) is 3.60. The zero-order valence-electron chi connectivity index (χ0n) is 16.5. The van der Waals surface area contributed by atoms with Crippen molar-refractivity contribution < 1.29 is 9.47 Å². The highest BCUT2D eigenvalue weighted by molar-refractivity contribution is 14.0. The van der Waals surface area contributed by atoms with Crippen LogP contribution in [-0.4, -0.2) is 40.3 Å². The van der Waals surface area contributed by atoms with E-state index in [2.05, 4.69) is 40.1 Å². The van der Waals surface area contributed by atoms with Crippen molar-refractivity contribution in [3.63, 3.8) is 0 Å². The van der Waals surface area contributed by atoms with Gasteiger partial charge in [-0.05, 0) is 54.0 Å². The van der Waals surface area contributed by atoms with Gasteiger partial charge in [-0.3, -0.25) is 4.99 Å². The molecule has 0 bridgehead atoms. The molecular formula is C20H30IN3O2S. The van der Waals surface area contributed by atoms with E-state index in [1.807, 2.05) is 29.5 Å². The summed E-state index contributed by atoms with van der Waals surface area (Å²) in [7, 11) is 5.16. The lowest BCUT2D eigenvalue weighted by atomic mass is 10.1. The van der Waals surface area contributed by atoms with Gasteiger partial charge in [0.25, 0.3) is 0 Å². The Hall–Kier alpha value is -1.48. The number of nitrogens with zero attached hydrogens (tertiary/aromatic N) is 1. The highest BCUT2D eigenvalue weighted by Gasteiger charge is 2.08. The van der Waals surface area contributed by atoms with E-state index in [9.17, 15) is 0 Å². The molecule has 2 rings (SSSR count). The van der Waals surface area contributed by atoms with Crippen molar-refractivity contribution in [2.24, 2.45) is 10.9 Å². The first kappa shape index (κ1) is 23.6. The van der Waals surface area contributed by atoms with Crippen molar-refractivity contribution in [1.29, 1.82) is 0 Å². The van der Waals surface area contributed by atoms with E-state index in [0.717, 1.165) is 49.0 Å². The van der Waals surface area contributed by atoms with E-state index >= 15 is 0 Å². The van der Waals surface area contributed by atoms with Crippen LogP contribution >= 0.6 is 35.3 Å². The molecule has 0 amide bonds. The van der Waals surface area contributed by atoms with Gasteiger partial charge >= 0.3 is 0 Å². The molecule has 1 aromatic carbocycles. The molecule has 1 aromatic heterocycles. The SMILES string of the molecule is CN=C(NCCc1cc(OC)ccc1OC)NCC(C)Cc1cccs1.I. The highest BCUT2D eigenvalue weighted by atomic mass is 127. The summed E-state index contributed by atoms with van der Waals surface area (Å²) in [5.74, 6) is 3.08. The molecule has 0 fully saturated rings. The minimum Gasteiger partial charge on any atom is -0.497 e. The lowest BCUT2D eigenvalue weighted by Crippen LogP contribution is -2.40. The fraction of sp³-hybridized carbons (Fsp3) is 0.450. The molecule has 1 unspecified atom stereocenters. The Kier molecular flexibility index (Phi) is 11.2. The third-order valence-corrected chi connectivity index (χ3v) is 5.04. The van der Waals surface area contributed by atoms with Crippen LogP contribution in [0.2, 0.25) is 0 Å². The second-order valence-corrected chi connectivity index (χ2v) is 7.23. The molecule has 2 aromatic rings. The van der Waals surface area contributed by atoms with Gasteiger partial charge in [-0.25, -0.2) is 0 Å². The van der Waals surface area contributed by atoms with Crippen LogP contribution in [-0.2, 0) is 12.8 Å². The number of guanidine groups is 1. The van der Waals surface area contributed by atoms with Crippen molar-refractivity contribution in [1.82, 2.24) is 10.6 Å². The zero-order chi connectivity index (χ0) is 18.8. The Morgan fingerprint density at radius 1 is 1.19 bits per heavy atom. The van der Waals surface area contributed by atoms with Crippen molar-refractivity contribution >= 4 is 41.3 Å². The van der Waals surface area contributed by atoms with Gasteiger partial charge < -0.3 is 20.1 Å². The normalized spacial score (nSPS) is 12.1. The average Bonchev–Trinajstić information content (AvgIpc) is 3.17. The molecule has 5 nitrogen and oxygen atoms in total. The van der Waals surface area contributed by atoms with E-state index in [0.29, 0.717) is 5.92 Å². The third-order valence-electron chi connectivity index (χ3n) is 4.15. The Bertz CT molecular complexity index is 693. The maximum Gasteiger partial charge on any atom is 0.190 e. The number of thiophene rings is 1. The number of halogens is 1. The lowest BCUT2D eigenvalue weighted by molar-refractivity contribution is 0.398. The predicted octanol–water partition coefficient (Wildman–Crippen LogP) is 3.97. The monoisotopic (exact) mass is 503 g/mol. The molecule has 0 aliphatic carbocycles. The number of ether oxygens (including phenoxy) is 2. The van der Waals surface area contributed by atoms with E-state index < -0.39 is 0 Å². The summed E-state index contributed by atoms with van der Waals surface area (Å²) in [5.41, 5.74) is 1.11. The van der Waals surface area contributed by atoms with Gasteiger partial charge in [0.15, 0.2) is 5.96 Å². The first-order valence-corrected chi connectivity index (χ1v) is 9.72. The van der Waals surface area contributed by atoms with Crippen LogP contribution in [0.3, 0.4) is 0 Å². The first-order chi connectivity index (χ1) is 12.7. The number of aliphatic imine (C=N–C) groups is 1. The second-order valence-electron chi connectivity index (χ2n) is 6.20. The summed E-state index contributed by atoms with van der Waals surface area (Å²) >= 11 is 1.81. The van der Waals surface area contributed by atoms with Gasteiger partial charge in [0.2, 0.25) is 0 Å². The van der Waals surface area contributed by atoms with E-state index in [-0.39, 0.29) is 24.0 Å². The number of nitrogens with one attached hydrogen (secondary N) is 2. The molecule has 0 radical (unpaired) electrons. The maximum absolute atomic E-state index is 5.43. The smallest absolute Gasteiger partial charge is 0.190 e. The number of methoxy groups -OCH3 is 2. The van der Waals surface area contributed by atoms with E-state index in [4.69, 9.17) is 9.47 Å². The van der Waals surface area contributed by atoms with Crippen molar-refractivity contribution in [2.45, 2.75) is 19.8 Å². The molecular weight excluding hydrogens is 473 g/mol. The second kappa shape index (κ2) is 12.8. The summed E-state index contributed by atoms with van der Waals surface area (Å²) in [6.45, 7) is 3.91. The lowest BCUT2D eigenvalue weighted by Gasteiger charge is -2.16. The van der Waals surface area contributed by atoms with Crippen LogP contribution < -0.4 is 20.1 Å². The molecule has 0 saturated carbocycles. The number of benzene rings is 1.